The van der Waals surface area contributed by atoms with Crippen LogP contribution in [0.4, 0.5) is 10.2 Å². The molecule has 3 heterocycles. The second-order valence-corrected chi connectivity index (χ2v) is 7.57. The molecule has 1 saturated heterocycles. The van der Waals surface area contributed by atoms with Crippen molar-refractivity contribution in [3.8, 4) is 5.69 Å². The van der Waals surface area contributed by atoms with E-state index in [1.165, 1.54) is 18.5 Å². The SMILES string of the molecule is O=C(c1cccc(Cl)c1)N1CCN(c2ncnc3c2nnn3-c2ccc(F)cc2)CC1. The van der Waals surface area contributed by atoms with E-state index in [-0.39, 0.29) is 11.7 Å². The van der Waals surface area contributed by atoms with Gasteiger partial charge in [-0.25, -0.2) is 14.4 Å². The van der Waals surface area contributed by atoms with Crippen LogP contribution >= 0.6 is 11.6 Å². The number of carbonyl (C=O) groups excluding carboxylic acids is 1. The molecule has 0 radical (unpaired) electrons. The van der Waals surface area contributed by atoms with Crippen molar-refractivity contribution in [2.24, 2.45) is 0 Å². The maximum absolute atomic E-state index is 13.3. The molecule has 0 aliphatic carbocycles. The summed E-state index contributed by atoms with van der Waals surface area (Å²) in [6.07, 6.45) is 1.46. The number of anilines is 1. The molecule has 0 spiro atoms. The van der Waals surface area contributed by atoms with E-state index in [0.29, 0.717) is 59.4 Å². The predicted octanol–water partition coefficient (Wildman–Crippen LogP) is 2.97. The first-order chi connectivity index (χ1) is 15.1. The Labute approximate surface area is 181 Å². The highest BCUT2D eigenvalue weighted by atomic mass is 35.5. The smallest absolute Gasteiger partial charge is 0.254 e. The number of nitrogens with zero attached hydrogens (tertiary/aromatic N) is 7. The Balaban J connectivity index is 1.36. The average molecular weight is 438 g/mol. The van der Waals surface area contributed by atoms with Gasteiger partial charge in [0.05, 0.1) is 5.69 Å². The van der Waals surface area contributed by atoms with Gasteiger partial charge in [0.2, 0.25) is 0 Å². The van der Waals surface area contributed by atoms with Crippen LogP contribution < -0.4 is 4.90 Å². The van der Waals surface area contributed by atoms with Gasteiger partial charge in [0.25, 0.3) is 5.91 Å². The van der Waals surface area contributed by atoms with E-state index in [1.807, 2.05) is 0 Å². The monoisotopic (exact) mass is 437 g/mol. The molecule has 1 amide bonds. The summed E-state index contributed by atoms with van der Waals surface area (Å²) in [4.78, 5) is 25.4. The molecule has 0 unspecified atom stereocenters. The van der Waals surface area contributed by atoms with Crippen LogP contribution in [0.25, 0.3) is 16.9 Å². The van der Waals surface area contributed by atoms with Crippen molar-refractivity contribution in [2.45, 2.75) is 0 Å². The van der Waals surface area contributed by atoms with Crippen LogP contribution in [-0.4, -0.2) is 61.9 Å². The Morgan fingerprint density at radius 1 is 1.00 bits per heavy atom. The van der Waals surface area contributed by atoms with Crippen molar-refractivity contribution in [3.05, 3.63) is 71.3 Å². The van der Waals surface area contributed by atoms with Gasteiger partial charge < -0.3 is 9.80 Å². The van der Waals surface area contributed by atoms with E-state index in [2.05, 4.69) is 25.2 Å². The van der Waals surface area contributed by atoms with Gasteiger partial charge in [-0.15, -0.1) is 5.10 Å². The molecule has 10 heteroatoms. The first kappa shape index (κ1) is 19.4. The van der Waals surface area contributed by atoms with Gasteiger partial charge in [0.15, 0.2) is 17.0 Å². The lowest BCUT2D eigenvalue weighted by molar-refractivity contribution is 0.0746. The minimum Gasteiger partial charge on any atom is -0.351 e. The molecule has 0 bridgehead atoms. The number of rotatable bonds is 3. The number of aromatic nitrogens is 5. The van der Waals surface area contributed by atoms with Crippen LogP contribution in [0.5, 0.6) is 0 Å². The highest BCUT2D eigenvalue weighted by Gasteiger charge is 2.25. The zero-order valence-corrected chi connectivity index (χ0v) is 17.1. The Morgan fingerprint density at radius 3 is 2.52 bits per heavy atom. The fraction of sp³-hybridized carbons (Fsp3) is 0.190. The number of amides is 1. The number of hydrogen-bond donors (Lipinski definition) is 0. The molecule has 31 heavy (non-hydrogen) atoms. The molecule has 0 saturated carbocycles. The summed E-state index contributed by atoms with van der Waals surface area (Å²) >= 11 is 6.01. The van der Waals surface area contributed by atoms with E-state index in [4.69, 9.17) is 11.6 Å². The summed E-state index contributed by atoms with van der Waals surface area (Å²) in [5.74, 6) is 0.291. The Morgan fingerprint density at radius 2 is 1.77 bits per heavy atom. The number of halogens is 2. The first-order valence-electron chi connectivity index (χ1n) is 9.72. The summed E-state index contributed by atoms with van der Waals surface area (Å²) in [7, 11) is 0. The van der Waals surface area contributed by atoms with Crippen LogP contribution in [-0.2, 0) is 0 Å². The average Bonchev–Trinajstić information content (AvgIpc) is 3.23. The van der Waals surface area contributed by atoms with Crippen molar-refractivity contribution in [1.82, 2.24) is 29.9 Å². The number of hydrogen-bond acceptors (Lipinski definition) is 6. The maximum Gasteiger partial charge on any atom is 0.254 e. The molecule has 4 aromatic rings. The van der Waals surface area contributed by atoms with Gasteiger partial charge >= 0.3 is 0 Å². The molecular formula is C21H17ClFN7O. The van der Waals surface area contributed by atoms with E-state index in [1.54, 1.807) is 46.0 Å². The lowest BCUT2D eigenvalue weighted by atomic mass is 10.2. The van der Waals surface area contributed by atoms with Crippen molar-refractivity contribution in [2.75, 3.05) is 31.1 Å². The molecule has 156 valence electrons. The summed E-state index contributed by atoms with van der Waals surface area (Å²) < 4.78 is 14.8. The van der Waals surface area contributed by atoms with Gasteiger partial charge in [-0.2, -0.15) is 4.68 Å². The summed E-state index contributed by atoms with van der Waals surface area (Å²) in [5, 5.41) is 8.98. The molecular weight excluding hydrogens is 421 g/mol. The Bertz CT molecular complexity index is 1250. The van der Waals surface area contributed by atoms with Crippen molar-refractivity contribution < 1.29 is 9.18 Å². The topological polar surface area (TPSA) is 80.0 Å². The van der Waals surface area contributed by atoms with E-state index < -0.39 is 0 Å². The van der Waals surface area contributed by atoms with Gasteiger partial charge in [0, 0.05) is 36.8 Å². The highest BCUT2D eigenvalue weighted by Crippen LogP contribution is 2.24. The number of fused-ring (bicyclic) bond motifs is 1. The number of piperazine rings is 1. The van der Waals surface area contributed by atoms with Crippen LogP contribution in [0.15, 0.2) is 54.9 Å². The van der Waals surface area contributed by atoms with Crippen molar-refractivity contribution in [3.63, 3.8) is 0 Å². The molecule has 8 nitrogen and oxygen atoms in total. The lowest BCUT2D eigenvalue weighted by Gasteiger charge is -2.35. The number of benzene rings is 2. The molecule has 2 aromatic heterocycles. The molecule has 1 fully saturated rings. The summed E-state index contributed by atoms with van der Waals surface area (Å²) in [6.45, 7) is 2.29. The standard InChI is InChI=1S/C21H17ClFN7O/c22-15-3-1-2-14(12-15)21(31)29-10-8-28(9-11-29)19-18-20(25-13-24-19)30(27-26-18)17-6-4-16(23)5-7-17/h1-7,12-13H,8-11H2. The minimum atomic E-state index is -0.325. The van der Waals surface area contributed by atoms with E-state index >= 15 is 0 Å². The minimum absolute atomic E-state index is 0.0442. The van der Waals surface area contributed by atoms with Crippen molar-refractivity contribution in [1.29, 1.82) is 0 Å². The molecule has 0 N–H and O–H groups in total. The number of carbonyl (C=O) groups is 1. The first-order valence-corrected chi connectivity index (χ1v) is 10.1. The Kier molecular flexibility index (Phi) is 4.95. The Hall–Kier alpha value is -3.59. The molecule has 0 atom stereocenters. The molecule has 1 aliphatic heterocycles. The second kappa shape index (κ2) is 7.92. The van der Waals surface area contributed by atoms with E-state index in [0.717, 1.165) is 0 Å². The van der Waals surface area contributed by atoms with Crippen LogP contribution in [0.1, 0.15) is 10.4 Å². The normalized spacial score (nSPS) is 14.3. The lowest BCUT2D eigenvalue weighted by Crippen LogP contribution is -2.49. The third kappa shape index (κ3) is 3.68. The largest absolute Gasteiger partial charge is 0.351 e. The van der Waals surface area contributed by atoms with Crippen LogP contribution in [0, 0.1) is 5.82 Å². The summed E-state index contributed by atoms with van der Waals surface area (Å²) in [6, 6.07) is 12.9. The summed E-state index contributed by atoms with van der Waals surface area (Å²) in [5.41, 5.74) is 2.33. The quantitative estimate of drug-likeness (QED) is 0.490. The van der Waals surface area contributed by atoms with Crippen LogP contribution in [0.3, 0.4) is 0 Å². The second-order valence-electron chi connectivity index (χ2n) is 7.14. The van der Waals surface area contributed by atoms with Gasteiger partial charge in [0.1, 0.15) is 12.1 Å². The predicted molar refractivity (Wildman–Crippen MR) is 114 cm³/mol. The van der Waals surface area contributed by atoms with Gasteiger partial charge in [-0.1, -0.05) is 22.9 Å². The van der Waals surface area contributed by atoms with Crippen molar-refractivity contribution >= 4 is 34.5 Å². The molecule has 5 rings (SSSR count). The third-order valence-corrected chi connectivity index (χ3v) is 5.46. The molecule has 1 aliphatic rings. The van der Waals surface area contributed by atoms with Crippen LogP contribution in [0.2, 0.25) is 5.02 Å². The highest BCUT2D eigenvalue weighted by molar-refractivity contribution is 6.30. The third-order valence-electron chi connectivity index (χ3n) is 5.23. The zero-order chi connectivity index (χ0) is 21.4. The van der Waals surface area contributed by atoms with E-state index in [9.17, 15) is 9.18 Å². The molecule has 2 aromatic carbocycles. The fourth-order valence-corrected chi connectivity index (χ4v) is 3.84. The maximum atomic E-state index is 13.3. The van der Waals surface area contributed by atoms with Gasteiger partial charge in [-0.3, -0.25) is 4.79 Å². The zero-order valence-electron chi connectivity index (χ0n) is 16.3. The fourth-order valence-electron chi connectivity index (χ4n) is 3.65. The van der Waals surface area contributed by atoms with Gasteiger partial charge in [-0.05, 0) is 42.5 Å².